The Bertz CT molecular complexity index is 345. The van der Waals surface area contributed by atoms with Crippen molar-refractivity contribution >= 4 is 11.9 Å². The third kappa shape index (κ3) is 5.31. The van der Waals surface area contributed by atoms with Crippen LogP contribution in [-0.4, -0.2) is 35.4 Å². The molecule has 0 spiro atoms. The molecule has 0 aromatic carbocycles. The molecule has 1 N–H and O–H groups in total. The Labute approximate surface area is 99.7 Å². The maximum absolute atomic E-state index is 11.3. The molecular weight excluding hydrogens is 224 g/mol. The first-order valence-corrected chi connectivity index (χ1v) is 5.40. The molecule has 0 aliphatic carbocycles. The molecule has 0 radical (unpaired) electrons. The van der Waals surface area contributed by atoms with Crippen molar-refractivity contribution in [2.45, 2.75) is 38.6 Å². The van der Waals surface area contributed by atoms with Crippen LogP contribution in [0.4, 0.5) is 0 Å². The summed E-state index contributed by atoms with van der Waals surface area (Å²) in [6.45, 7) is 2.98. The number of aliphatic hydroxyl groups excluding tert-OH is 1. The monoisotopic (exact) mass is 240 g/mol. The topological polar surface area (TPSA) is 72.8 Å². The lowest BCUT2D eigenvalue weighted by Gasteiger charge is -2.16. The van der Waals surface area contributed by atoms with Gasteiger partial charge in [-0.15, -0.1) is 0 Å². The number of esters is 2. The number of rotatable bonds is 1. The first-order valence-electron chi connectivity index (χ1n) is 5.40. The SMILES string of the molecule is CC(=O)O[C@H]1C=CC(=O)O[C@@H](C)C[C@@H](O)C=C1. The van der Waals surface area contributed by atoms with Gasteiger partial charge in [0, 0.05) is 19.4 Å². The zero-order valence-electron chi connectivity index (χ0n) is 9.83. The molecule has 0 amide bonds. The Morgan fingerprint density at radius 2 is 2.18 bits per heavy atom. The summed E-state index contributed by atoms with van der Waals surface area (Å²) >= 11 is 0. The Balaban J connectivity index is 2.79. The minimum Gasteiger partial charge on any atom is -0.459 e. The van der Waals surface area contributed by atoms with Crippen molar-refractivity contribution in [2.75, 3.05) is 0 Å². The molecule has 0 bridgehead atoms. The molecule has 1 aliphatic heterocycles. The molecule has 1 aliphatic rings. The molecule has 0 saturated carbocycles. The summed E-state index contributed by atoms with van der Waals surface area (Å²) in [7, 11) is 0. The van der Waals surface area contributed by atoms with Crippen LogP contribution in [0.25, 0.3) is 0 Å². The van der Waals surface area contributed by atoms with Gasteiger partial charge in [-0.1, -0.05) is 6.08 Å². The third-order valence-electron chi connectivity index (χ3n) is 2.14. The van der Waals surface area contributed by atoms with Crippen LogP contribution in [0.5, 0.6) is 0 Å². The number of ether oxygens (including phenoxy) is 2. The van der Waals surface area contributed by atoms with Crippen molar-refractivity contribution in [3.05, 3.63) is 24.3 Å². The summed E-state index contributed by atoms with van der Waals surface area (Å²) in [6.07, 6.45) is 4.23. The largest absolute Gasteiger partial charge is 0.459 e. The predicted octanol–water partition coefficient (Wildman–Crippen LogP) is 0.727. The number of cyclic esters (lactones) is 1. The second-order valence-electron chi connectivity index (χ2n) is 3.87. The van der Waals surface area contributed by atoms with E-state index in [-0.39, 0.29) is 6.10 Å². The summed E-state index contributed by atoms with van der Waals surface area (Å²) in [5, 5.41) is 9.60. The molecule has 0 aromatic heterocycles. The van der Waals surface area contributed by atoms with Crippen LogP contribution >= 0.6 is 0 Å². The summed E-state index contributed by atoms with van der Waals surface area (Å²) < 4.78 is 9.91. The van der Waals surface area contributed by atoms with Gasteiger partial charge in [0.1, 0.15) is 12.2 Å². The van der Waals surface area contributed by atoms with Crippen LogP contribution < -0.4 is 0 Å². The summed E-state index contributed by atoms with van der Waals surface area (Å²) in [6, 6.07) is 0. The lowest BCUT2D eigenvalue weighted by atomic mass is 10.1. The second-order valence-corrected chi connectivity index (χ2v) is 3.87. The molecule has 1 heterocycles. The Hall–Kier alpha value is -1.62. The molecule has 5 heteroatoms. The van der Waals surface area contributed by atoms with Crippen LogP contribution in [0.15, 0.2) is 24.3 Å². The molecule has 17 heavy (non-hydrogen) atoms. The normalized spacial score (nSPS) is 29.6. The highest BCUT2D eigenvalue weighted by atomic mass is 16.5. The lowest BCUT2D eigenvalue weighted by molar-refractivity contribution is -0.145. The van der Waals surface area contributed by atoms with Gasteiger partial charge in [0.05, 0.1) is 6.10 Å². The zero-order chi connectivity index (χ0) is 12.8. The maximum atomic E-state index is 11.3. The van der Waals surface area contributed by atoms with Gasteiger partial charge in [0.25, 0.3) is 0 Å². The van der Waals surface area contributed by atoms with Gasteiger partial charge >= 0.3 is 11.9 Å². The van der Waals surface area contributed by atoms with E-state index in [1.165, 1.54) is 31.2 Å². The first-order chi connectivity index (χ1) is 7.97. The smallest absolute Gasteiger partial charge is 0.330 e. The number of hydrogen-bond acceptors (Lipinski definition) is 5. The third-order valence-corrected chi connectivity index (χ3v) is 2.14. The Morgan fingerprint density at radius 1 is 1.47 bits per heavy atom. The molecule has 94 valence electrons. The zero-order valence-corrected chi connectivity index (χ0v) is 9.83. The van der Waals surface area contributed by atoms with Crippen molar-refractivity contribution in [3.8, 4) is 0 Å². The predicted molar refractivity (Wildman–Crippen MR) is 60.0 cm³/mol. The van der Waals surface area contributed by atoms with E-state index in [0.717, 1.165) is 0 Å². The molecule has 0 aromatic rings. The molecule has 3 atom stereocenters. The molecule has 0 fully saturated rings. The first kappa shape index (κ1) is 13.4. The average molecular weight is 240 g/mol. The standard InChI is InChI=1S/C12H16O5/c1-8-7-10(14)3-4-11(17-9(2)13)5-6-12(15)16-8/h3-6,8,10-11,14H,7H2,1-2H3/t8-,10-,11+/m0/s1. The fourth-order valence-electron chi connectivity index (χ4n) is 1.45. The number of aliphatic hydroxyl groups is 1. The number of carbonyl (C=O) groups is 2. The van der Waals surface area contributed by atoms with E-state index in [1.807, 2.05) is 0 Å². The van der Waals surface area contributed by atoms with E-state index < -0.39 is 24.1 Å². The Kier molecular flexibility index (Phi) is 4.90. The van der Waals surface area contributed by atoms with Gasteiger partial charge in [-0.3, -0.25) is 4.79 Å². The fraction of sp³-hybridized carbons (Fsp3) is 0.500. The van der Waals surface area contributed by atoms with E-state index >= 15 is 0 Å². The highest BCUT2D eigenvalue weighted by Gasteiger charge is 2.14. The average Bonchev–Trinajstić information content (AvgIpc) is 2.20. The molecular formula is C12H16O5. The number of carbonyl (C=O) groups excluding carboxylic acids is 2. The molecule has 1 rings (SSSR count). The van der Waals surface area contributed by atoms with Crippen molar-refractivity contribution < 1.29 is 24.2 Å². The lowest BCUT2D eigenvalue weighted by Crippen LogP contribution is -2.21. The van der Waals surface area contributed by atoms with Gasteiger partial charge in [0.15, 0.2) is 0 Å². The quantitative estimate of drug-likeness (QED) is 0.540. The minimum atomic E-state index is -0.734. The van der Waals surface area contributed by atoms with Crippen molar-refractivity contribution in [3.63, 3.8) is 0 Å². The van der Waals surface area contributed by atoms with Crippen LogP contribution in [-0.2, 0) is 19.1 Å². The molecule has 5 nitrogen and oxygen atoms in total. The highest BCUT2D eigenvalue weighted by molar-refractivity contribution is 5.82. The van der Waals surface area contributed by atoms with Gasteiger partial charge in [-0.25, -0.2) is 4.79 Å². The van der Waals surface area contributed by atoms with Gasteiger partial charge in [0.2, 0.25) is 0 Å². The van der Waals surface area contributed by atoms with Crippen molar-refractivity contribution in [2.24, 2.45) is 0 Å². The van der Waals surface area contributed by atoms with Crippen LogP contribution in [0.3, 0.4) is 0 Å². The van der Waals surface area contributed by atoms with Gasteiger partial charge < -0.3 is 14.6 Å². The fourth-order valence-corrected chi connectivity index (χ4v) is 1.45. The summed E-state index contributed by atoms with van der Waals surface area (Å²) in [5.41, 5.74) is 0. The van der Waals surface area contributed by atoms with E-state index in [1.54, 1.807) is 6.92 Å². The summed E-state index contributed by atoms with van der Waals surface area (Å²) in [5.74, 6) is -0.977. The van der Waals surface area contributed by atoms with Crippen molar-refractivity contribution in [1.29, 1.82) is 0 Å². The van der Waals surface area contributed by atoms with Crippen LogP contribution in [0.1, 0.15) is 20.3 Å². The molecule has 0 unspecified atom stereocenters. The summed E-state index contributed by atoms with van der Waals surface area (Å²) in [4.78, 5) is 22.1. The van der Waals surface area contributed by atoms with Gasteiger partial charge in [-0.2, -0.15) is 0 Å². The maximum Gasteiger partial charge on any atom is 0.330 e. The minimum absolute atomic E-state index is 0.308. The second kappa shape index (κ2) is 6.20. The van der Waals surface area contributed by atoms with Gasteiger partial charge in [-0.05, 0) is 19.1 Å². The van der Waals surface area contributed by atoms with E-state index in [9.17, 15) is 14.7 Å². The van der Waals surface area contributed by atoms with E-state index in [0.29, 0.717) is 6.42 Å². The van der Waals surface area contributed by atoms with E-state index in [2.05, 4.69) is 0 Å². The highest BCUT2D eigenvalue weighted by Crippen LogP contribution is 2.09. The Morgan fingerprint density at radius 3 is 2.82 bits per heavy atom. The van der Waals surface area contributed by atoms with Crippen molar-refractivity contribution in [1.82, 2.24) is 0 Å². The number of hydrogen-bond donors (Lipinski definition) is 1. The van der Waals surface area contributed by atoms with Crippen LogP contribution in [0, 0.1) is 0 Å². The van der Waals surface area contributed by atoms with Crippen LogP contribution in [0.2, 0.25) is 0 Å². The molecule has 0 saturated heterocycles. The van der Waals surface area contributed by atoms with E-state index in [4.69, 9.17) is 9.47 Å².